The first-order chi connectivity index (χ1) is 11.4. The highest BCUT2D eigenvalue weighted by atomic mass is 15.2. The number of hydrogen-bond donors (Lipinski definition) is 1. The maximum absolute atomic E-state index is 4.71. The van der Waals surface area contributed by atoms with Crippen LogP contribution < -0.4 is 0 Å². The van der Waals surface area contributed by atoms with Crippen LogP contribution in [0.3, 0.4) is 0 Å². The molecule has 23 heavy (non-hydrogen) atoms. The van der Waals surface area contributed by atoms with Gasteiger partial charge < -0.3 is 4.98 Å². The average Bonchev–Trinajstić information content (AvgIpc) is 3.16. The molecular weight excluding hydrogens is 286 g/mol. The Hall–Kier alpha value is -2.69. The van der Waals surface area contributed by atoms with Crippen molar-refractivity contribution in [3.8, 4) is 11.1 Å². The average molecular weight is 303 g/mol. The molecular formula is C18H17N5. The number of fused-ring (bicyclic) bond motifs is 2. The second kappa shape index (κ2) is 4.91. The zero-order valence-corrected chi connectivity index (χ0v) is 12.7. The molecule has 1 fully saturated rings. The number of hydrogen-bond acceptors (Lipinski definition) is 3. The second-order valence-corrected chi connectivity index (χ2v) is 6.37. The van der Waals surface area contributed by atoms with Crippen molar-refractivity contribution in [3.63, 3.8) is 0 Å². The van der Waals surface area contributed by atoms with Crippen molar-refractivity contribution in [3.05, 3.63) is 48.8 Å². The second-order valence-electron chi connectivity index (χ2n) is 6.37. The van der Waals surface area contributed by atoms with Crippen molar-refractivity contribution < 1.29 is 0 Å². The van der Waals surface area contributed by atoms with Gasteiger partial charge in [-0.3, -0.25) is 0 Å². The summed E-state index contributed by atoms with van der Waals surface area (Å²) in [5.41, 5.74) is 4.30. The molecule has 0 unspecified atom stereocenters. The number of pyridine rings is 1. The van der Waals surface area contributed by atoms with Crippen molar-refractivity contribution >= 4 is 16.6 Å². The molecule has 1 aliphatic rings. The Kier molecular flexibility index (Phi) is 2.74. The summed E-state index contributed by atoms with van der Waals surface area (Å²) >= 11 is 0. The van der Waals surface area contributed by atoms with Crippen molar-refractivity contribution in [2.45, 2.75) is 25.7 Å². The lowest BCUT2D eigenvalue weighted by molar-refractivity contribution is 0.309. The van der Waals surface area contributed by atoms with E-state index in [1.54, 1.807) is 0 Å². The molecule has 5 rings (SSSR count). The first-order valence-corrected chi connectivity index (χ1v) is 8.13. The fourth-order valence-corrected chi connectivity index (χ4v) is 3.33. The molecule has 5 heteroatoms. The van der Waals surface area contributed by atoms with Crippen LogP contribution in [0.25, 0.3) is 27.7 Å². The van der Waals surface area contributed by atoms with Gasteiger partial charge in [0.25, 0.3) is 0 Å². The summed E-state index contributed by atoms with van der Waals surface area (Å²) < 4.78 is 1.87. The van der Waals surface area contributed by atoms with Crippen LogP contribution in [0.5, 0.6) is 0 Å². The molecule has 0 aliphatic heterocycles. The molecule has 0 bridgehead atoms. The third kappa shape index (κ3) is 2.11. The van der Waals surface area contributed by atoms with Gasteiger partial charge in [0.1, 0.15) is 11.5 Å². The Morgan fingerprint density at radius 3 is 3.09 bits per heavy atom. The molecule has 4 heterocycles. The highest BCUT2D eigenvalue weighted by Gasteiger charge is 2.19. The fourth-order valence-electron chi connectivity index (χ4n) is 3.33. The molecule has 0 atom stereocenters. The lowest BCUT2D eigenvalue weighted by Crippen LogP contribution is -2.15. The minimum Gasteiger partial charge on any atom is -0.345 e. The molecule has 1 N–H and O–H groups in total. The number of nitrogens with zero attached hydrogens (tertiary/aromatic N) is 4. The summed E-state index contributed by atoms with van der Waals surface area (Å²) in [5, 5.41) is 5.32. The summed E-state index contributed by atoms with van der Waals surface area (Å²) in [7, 11) is 0. The minimum atomic E-state index is 0.783. The summed E-state index contributed by atoms with van der Waals surface area (Å²) in [5.74, 6) is 1.74. The Balaban J connectivity index is 1.55. The van der Waals surface area contributed by atoms with E-state index in [-0.39, 0.29) is 0 Å². The Labute approximate surface area is 133 Å². The summed E-state index contributed by atoms with van der Waals surface area (Å²) in [6, 6.07) is 6.22. The predicted octanol–water partition coefficient (Wildman–Crippen LogP) is 3.62. The van der Waals surface area contributed by atoms with E-state index in [0.29, 0.717) is 0 Å². The molecule has 0 spiro atoms. The van der Waals surface area contributed by atoms with Crippen LogP contribution >= 0.6 is 0 Å². The van der Waals surface area contributed by atoms with Gasteiger partial charge >= 0.3 is 0 Å². The van der Waals surface area contributed by atoms with Crippen molar-refractivity contribution in [1.29, 1.82) is 0 Å². The van der Waals surface area contributed by atoms with E-state index in [2.05, 4.69) is 27.2 Å². The molecule has 4 aromatic rings. The molecule has 5 nitrogen and oxygen atoms in total. The van der Waals surface area contributed by atoms with Crippen molar-refractivity contribution in [1.82, 2.24) is 24.6 Å². The van der Waals surface area contributed by atoms with E-state index in [1.807, 2.05) is 35.4 Å². The molecule has 1 saturated carbocycles. The molecule has 0 aromatic carbocycles. The van der Waals surface area contributed by atoms with Crippen molar-refractivity contribution in [2.24, 2.45) is 5.92 Å². The van der Waals surface area contributed by atoms with Crippen LogP contribution in [0.15, 0.2) is 43.0 Å². The molecule has 0 radical (unpaired) electrons. The molecule has 1 aliphatic carbocycles. The van der Waals surface area contributed by atoms with Crippen LogP contribution in [0.2, 0.25) is 0 Å². The SMILES string of the molecule is c1cc2cc(-c3c[nH]c4nc(CC5CCC5)ncc34)ccn2n1. The van der Waals surface area contributed by atoms with Gasteiger partial charge in [-0.15, -0.1) is 0 Å². The standard InChI is InChI=1S/C18H17N5/c1-2-12(3-1)8-17-19-11-16-15(10-20-18(16)22-17)13-5-7-23-14(9-13)4-6-21-23/h4-7,9-12H,1-3,8H2,(H,19,20,22). The summed E-state index contributed by atoms with van der Waals surface area (Å²) in [4.78, 5) is 12.6. The van der Waals surface area contributed by atoms with E-state index in [0.717, 1.165) is 45.8 Å². The predicted molar refractivity (Wildman–Crippen MR) is 89.1 cm³/mol. The topological polar surface area (TPSA) is 58.9 Å². The maximum Gasteiger partial charge on any atom is 0.141 e. The largest absolute Gasteiger partial charge is 0.345 e. The Morgan fingerprint density at radius 2 is 2.22 bits per heavy atom. The normalized spacial score (nSPS) is 15.3. The van der Waals surface area contributed by atoms with Gasteiger partial charge in [-0.05, 0) is 29.7 Å². The van der Waals surface area contributed by atoms with Crippen LogP contribution in [-0.2, 0) is 6.42 Å². The lowest BCUT2D eigenvalue weighted by atomic mass is 9.83. The quantitative estimate of drug-likeness (QED) is 0.629. The first-order valence-electron chi connectivity index (χ1n) is 8.13. The lowest BCUT2D eigenvalue weighted by Gasteiger charge is -2.24. The Morgan fingerprint density at radius 1 is 1.26 bits per heavy atom. The van der Waals surface area contributed by atoms with Crippen LogP contribution in [-0.4, -0.2) is 24.6 Å². The molecule has 0 amide bonds. The van der Waals surface area contributed by atoms with Gasteiger partial charge in [-0.1, -0.05) is 19.3 Å². The monoisotopic (exact) mass is 303 g/mol. The zero-order chi connectivity index (χ0) is 15.2. The van der Waals surface area contributed by atoms with Gasteiger partial charge in [0.15, 0.2) is 0 Å². The number of aromatic nitrogens is 5. The fraction of sp³-hybridized carbons (Fsp3) is 0.278. The van der Waals surface area contributed by atoms with Gasteiger partial charge in [-0.25, -0.2) is 14.5 Å². The van der Waals surface area contributed by atoms with Gasteiger partial charge in [-0.2, -0.15) is 5.10 Å². The maximum atomic E-state index is 4.71. The van der Waals surface area contributed by atoms with Gasteiger partial charge in [0, 0.05) is 42.2 Å². The highest BCUT2D eigenvalue weighted by Crippen LogP contribution is 2.31. The first kappa shape index (κ1) is 12.8. The van der Waals surface area contributed by atoms with Crippen LogP contribution in [0.4, 0.5) is 0 Å². The number of H-pyrrole nitrogens is 1. The number of rotatable bonds is 3. The Bertz CT molecular complexity index is 993. The van der Waals surface area contributed by atoms with E-state index in [9.17, 15) is 0 Å². The van der Waals surface area contributed by atoms with Crippen LogP contribution in [0.1, 0.15) is 25.1 Å². The molecule has 4 aromatic heterocycles. The number of nitrogens with one attached hydrogen (secondary N) is 1. The van der Waals surface area contributed by atoms with E-state index in [4.69, 9.17) is 4.98 Å². The van der Waals surface area contributed by atoms with E-state index >= 15 is 0 Å². The van der Waals surface area contributed by atoms with Crippen molar-refractivity contribution in [2.75, 3.05) is 0 Å². The molecule has 0 saturated heterocycles. The summed E-state index contributed by atoms with van der Waals surface area (Å²) in [6.07, 6.45) is 12.8. The van der Waals surface area contributed by atoms with Crippen LogP contribution in [0, 0.1) is 5.92 Å². The van der Waals surface area contributed by atoms with E-state index in [1.165, 1.54) is 19.3 Å². The summed E-state index contributed by atoms with van der Waals surface area (Å²) in [6.45, 7) is 0. The molecule has 114 valence electrons. The van der Waals surface area contributed by atoms with Gasteiger partial charge in [0.2, 0.25) is 0 Å². The minimum absolute atomic E-state index is 0.783. The number of aromatic amines is 1. The third-order valence-electron chi connectivity index (χ3n) is 4.89. The highest BCUT2D eigenvalue weighted by molar-refractivity contribution is 5.93. The van der Waals surface area contributed by atoms with Gasteiger partial charge in [0.05, 0.1) is 5.52 Å². The smallest absolute Gasteiger partial charge is 0.141 e. The van der Waals surface area contributed by atoms with E-state index < -0.39 is 0 Å². The third-order valence-corrected chi connectivity index (χ3v) is 4.89. The zero-order valence-electron chi connectivity index (χ0n) is 12.7.